The summed E-state index contributed by atoms with van der Waals surface area (Å²) in [6.07, 6.45) is 34.2. The van der Waals surface area contributed by atoms with Crippen LogP contribution in [0, 0.1) is 11.8 Å². The number of nitrogens with zero attached hydrogens (tertiary/aromatic N) is 2. The second-order valence-corrected chi connectivity index (χ2v) is 12.5. The minimum Gasteiger partial charge on any atom is -0.494 e. The standard InChI is InChI=1S/C37H60N2O/c1-3-5-7-9-11-12-14-16-21-33-22-17-18-23-34(33)24-19-29-40-36-27-25-35(26-28-36)37-38-30-32(31-39-37)20-15-13-10-8-6-4-2/h25-28,30-31,33-34H,3-24,29H2,1-2H3. The van der Waals surface area contributed by atoms with Gasteiger partial charge in [0.05, 0.1) is 6.61 Å². The van der Waals surface area contributed by atoms with Crippen molar-refractivity contribution in [3.05, 3.63) is 42.2 Å². The van der Waals surface area contributed by atoms with Crippen molar-refractivity contribution in [1.82, 2.24) is 9.97 Å². The Hall–Kier alpha value is -1.90. The molecule has 0 amide bonds. The molecule has 2 unspecified atom stereocenters. The fourth-order valence-electron chi connectivity index (χ4n) is 6.56. The van der Waals surface area contributed by atoms with Gasteiger partial charge >= 0.3 is 0 Å². The lowest BCUT2D eigenvalue weighted by atomic mass is 9.74. The molecule has 1 aromatic heterocycles. The Balaban J connectivity index is 1.30. The molecule has 0 bridgehead atoms. The first kappa shape index (κ1) is 32.6. The van der Waals surface area contributed by atoms with E-state index in [4.69, 9.17) is 4.74 Å². The maximum Gasteiger partial charge on any atom is 0.159 e. The van der Waals surface area contributed by atoms with Gasteiger partial charge in [-0.25, -0.2) is 9.97 Å². The van der Waals surface area contributed by atoms with Crippen LogP contribution in [0.2, 0.25) is 0 Å². The highest BCUT2D eigenvalue weighted by atomic mass is 16.5. The van der Waals surface area contributed by atoms with E-state index in [9.17, 15) is 0 Å². The summed E-state index contributed by atoms with van der Waals surface area (Å²) in [4.78, 5) is 9.27. The van der Waals surface area contributed by atoms with E-state index in [0.29, 0.717) is 0 Å². The molecule has 2 atom stereocenters. The monoisotopic (exact) mass is 548 g/mol. The van der Waals surface area contributed by atoms with Crippen molar-refractivity contribution in [2.75, 3.05) is 6.61 Å². The average molecular weight is 549 g/mol. The number of unbranched alkanes of at least 4 members (excludes halogenated alkanes) is 12. The first-order valence-electron chi connectivity index (χ1n) is 17.3. The molecule has 0 spiro atoms. The van der Waals surface area contributed by atoms with E-state index in [1.165, 1.54) is 140 Å². The van der Waals surface area contributed by atoms with Crippen LogP contribution in [0.25, 0.3) is 11.4 Å². The van der Waals surface area contributed by atoms with E-state index in [1.54, 1.807) is 0 Å². The number of hydrogen-bond acceptors (Lipinski definition) is 3. The summed E-state index contributed by atoms with van der Waals surface area (Å²) in [7, 11) is 0. The Morgan fingerprint density at radius 3 is 1.75 bits per heavy atom. The Labute approximate surface area is 247 Å². The Kier molecular flexibility index (Phi) is 17.0. The molecule has 1 aromatic carbocycles. The third-order valence-corrected chi connectivity index (χ3v) is 9.12. The zero-order valence-corrected chi connectivity index (χ0v) is 26.2. The zero-order chi connectivity index (χ0) is 28.1. The lowest BCUT2D eigenvalue weighted by Gasteiger charge is -2.32. The molecule has 1 saturated carbocycles. The fourth-order valence-corrected chi connectivity index (χ4v) is 6.56. The molecule has 0 N–H and O–H groups in total. The molecular weight excluding hydrogens is 488 g/mol. The number of aryl methyl sites for hydroxylation is 1. The van der Waals surface area contributed by atoms with Crippen molar-refractivity contribution in [3.8, 4) is 17.1 Å². The zero-order valence-electron chi connectivity index (χ0n) is 26.2. The molecule has 0 radical (unpaired) electrons. The summed E-state index contributed by atoms with van der Waals surface area (Å²) in [5.74, 6) is 3.65. The summed E-state index contributed by atoms with van der Waals surface area (Å²) in [6.45, 7) is 5.39. The second-order valence-electron chi connectivity index (χ2n) is 12.5. The van der Waals surface area contributed by atoms with Crippen molar-refractivity contribution >= 4 is 0 Å². The maximum atomic E-state index is 6.13. The van der Waals surface area contributed by atoms with Gasteiger partial charge in [0.25, 0.3) is 0 Å². The highest BCUT2D eigenvalue weighted by molar-refractivity contribution is 5.55. The van der Waals surface area contributed by atoms with E-state index >= 15 is 0 Å². The van der Waals surface area contributed by atoms with Crippen LogP contribution in [-0.4, -0.2) is 16.6 Å². The van der Waals surface area contributed by atoms with E-state index in [0.717, 1.165) is 42.0 Å². The van der Waals surface area contributed by atoms with Crippen molar-refractivity contribution in [1.29, 1.82) is 0 Å². The van der Waals surface area contributed by atoms with Crippen LogP contribution in [0.15, 0.2) is 36.7 Å². The highest BCUT2D eigenvalue weighted by Crippen LogP contribution is 2.36. The third-order valence-electron chi connectivity index (χ3n) is 9.12. The summed E-state index contributed by atoms with van der Waals surface area (Å²) in [5, 5.41) is 0. The van der Waals surface area contributed by atoms with E-state index in [2.05, 4.69) is 48.1 Å². The number of hydrogen-bond donors (Lipinski definition) is 0. The Morgan fingerprint density at radius 1 is 0.625 bits per heavy atom. The van der Waals surface area contributed by atoms with Crippen LogP contribution < -0.4 is 4.74 Å². The summed E-state index contributed by atoms with van der Waals surface area (Å²) in [6, 6.07) is 8.35. The summed E-state index contributed by atoms with van der Waals surface area (Å²) in [5.41, 5.74) is 2.31. The molecule has 1 aliphatic carbocycles. The van der Waals surface area contributed by atoms with E-state index < -0.39 is 0 Å². The predicted molar refractivity (Wildman–Crippen MR) is 172 cm³/mol. The molecule has 224 valence electrons. The second kappa shape index (κ2) is 20.9. The van der Waals surface area contributed by atoms with Crippen LogP contribution in [0.3, 0.4) is 0 Å². The minimum absolute atomic E-state index is 0.804. The van der Waals surface area contributed by atoms with Gasteiger partial charge < -0.3 is 4.74 Å². The highest BCUT2D eigenvalue weighted by Gasteiger charge is 2.24. The number of ether oxygens (including phenoxy) is 1. The van der Waals surface area contributed by atoms with Gasteiger partial charge in [0, 0.05) is 18.0 Å². The smallest absolute Gasteiger partial charge is 0.159 e. The van der Waals surface area contributed by atoms with Crippen molar-refractivity contribution in [2.45, 2.75) is 155 Å². The van der Waals surface area contributed by atoms with Gasteiger partial charge in [-0.05, 0) is 67.3 Å². The van der Waals surface area contributed by atoms with Gasteiger partial charge in [-0.1, -0.05) is 129 Å². The normalized spacial score (nSPS) is 17.2. The van der Waals surface area contributed by atoms with E-state index in [1.807, 2.05) is 12.4 Å². The van der Waals surface area contributed by atoms with E-state index in [-0.39, 0.29) is 0 Å². The molecule has 0 saturated heterocycles. The largest absolute Gasteiger partial charge is 0.494 e. The lowest BCUT2D eigenvalue weighted by molar-refractivity contribution is 0.190. The van der Waals surface area contributed by atoms with Crippen LogP contribution in [0.1, 0.15) is 154 Å². The van der Waals surface area contributed by atoms with Crippen LogP contribution in [0.5, 0.6) is 5.75 Å². The summed E-state index contributed by atoms with van der Waals surface area (Å²) < 4.78 is 6.13. The Bertz CT molecular complexity index is 863. The molecule has 1 fully saturated rings. The Morgan fingerprint density at radius 2 is 1.15 bits per heavy atom. The first-order chi connectivity index (χ1) is 19.8. The summed E-state index contributed by atoms with van der Waals surface area (Å²) >= 11 is 0. The third kappa shape index (κ3) is 13.2. The van der Waals surface area contributed by atoms with Crippen LogP contribution in [0.4, 0.5) is 0 Å². The van der Waals surface area contributed by atoms with Crippen LogP contribution >= 0.6 is 0 Å². The van der Waals surface area contributed by atoms with Crippen molar-refractivity contribution in [2.24, 2.45) is 11.8 Å². The SMILES string of the molecule is CCCCCCCCCCC1CCCCC1CCCOc1ccc(-c2ncc(CCCCCCCC)cn2)cc1. The van der Waals surface area contributed by atoms with Crippen molar-refractivity contribution in [3.63, 3.8) is 0 Å². The number of benzene rings is 1. The molecule has 3 nitrogen and oxygen atoms in total. The maximum absolute atomic E-state index is 6.13. The topological polar surface area (TPSA) is 35.0 Å². The lowest BCUT2D eigenvalue weighted by Crippen LogP contribution is -2.20. The van der Waals surface area contributed by atoms with Gasteiger partial charge in [-0.3, -0.25) is 0 Å². The van der Waals surface area contributed by atoms with Gasteiger partial charge in [0.1, 0.15) is 5.75 Å². The molecular formula is C37H60N2O. The van der Waals surface area contributed by atoms with Gasteiger partial charge in [-0.15, -0.1) is 0 Å². The molecule has 1 aliphatic rings. The van der Waals surface area contributed by atoms with Gasteiger partial charge in [-0.2, -0.15) is 0 Å². The first-order valence-corrected chi connectivity index (χ1v) is 17.3. The van der Waals surface area contributed by atoms with Crippen LogP contribution in [-0.2, 0) is 6.42 Å². The quantitative estimate of drug-likeness (QED) is 0.137. The molecule has 40 heavy (non-hydrogen) atoms. The molecule has 1 heterocycles. The molecule has 3 rings (SSSR count). The fraction of sp³-hybridized carbons (Fsp3) is 0.730. The van der Waals surface area contributed by atoms with Gasteiger partial charge in [0.2, 0.25) is 0 Å². The molecule has 2 aromatic rings. The minimum atomic E-state index is 0.804. The molecule has 3 heteroatoms. The number of aromatic nitrogens is 2. The molecule has 0 aliphatic heterocycles. The average Bonchev–Trinajstić information content (AvgIpc) is 3.00. The van der Waals surface area contributed by atoms with Crippen molar-refractivity contribution < 1.29 is 4.74 Å². The predicted octanol–water partition coefficient (Wildman–Crippen LogP) is 11.5. The number of rotatable bonds is 22. The van der Waals surface area contributed by atoms with Gasteiger partial charge in [0.15, 0.2) is 5.82 Å².